The molecule has 0 radical (unpaired) electrons. The van der Waals surface area contributed by atoms with Crippen LogP contribution in [0.1, 0.15) is 49.9 Å². The highest BCUT2D eigenvalue weighted by Gasteiger charge is 2.43. The van der Waals surface area contributed by atoms with Crippen LogP contribution in [-0.2, 0) is 10.8 Å². The molecule has 0 bridgehead atoms. The molecule has 0 spiro atoms. The lowest BCUT2D eigenvalue weighted by atomic mass is 9.66. The summed E-state index contributed by atoms with van der Waals surface area (Å²) in [4.78, 5) is 2.45. The maximum absolute atomic E-state index is 6.46. The number of furan rings is 1. The highest BCUT2D eigenvalue weighted by molar-refractivity contribution is 6.17. The Morgan fingerprint density at radius 2 is 1.03 bits per heavy atom. The van der Waals surface area contributed by atoms with Crippen LogP contribution in [0, 0.1) is 0 Å². The molecule has 282 valence electrons. The van der Waals surface area contributed by atoms with E-state index in [-0.39, 0.29) is 10.8 Å². The van der Waals surface area contributed by atoms with Gasteiger partial charge in [0.2, 0.25) is 0 Å². The Morgan fingerprint density at radius 1 is 0.441 bits per heavy atom. The van der Waals surface area contributed by atoms with E-state index >= 15 is 0 Å². The molecule has 12 rings (SSSR count). The predicted molar refractivity (Wildman–Crippen MR) is 247 cm³/mol. The zero-order chi connectivity index (χ0) is 39.6. The zero-order valence-corrected chi connectivity index (χ0v) is 33.6. The van der Waals surface area contributed by atoms with Crippen molar-refractivity contribution < 1.29 is 4.42 Å². The minimum Gasteiger partial charge on any atom is -0.456 e. The van der Waals surface area contributed by atoms with Crippen molar-refractivity contribution >= 4 is 60.7 Å². The fraction of sp³-hybridized carbons (Fsp3) is 0.107. The molecule has 2 aliphatic heterocycles. The number of para-hydroxylation sites is 4. The van der Waals surface area contributed by atoms with E-state index in [1.54, 1.807) is 0 Å². The van der Waals surface area contributed by atoms with E-state index in [1.165, 1.54) is 83.3 Å². The molecule has 0 atom stereocenters. The third-order valence-corrected chi connectivity index (χ3v) is 13.4. The first kappa shape index (κ1) is 34.0. The van der Waals surface area contributed by atoms with Gasteiger partial charge in [-0.2, -0.15) is 0 Å². The van der Waals surface area contributed by atoms with E-state index < -0.39 is 0 Å². The molecule has 0 saturated carbocycles. The average Bonchev–Trinajstić information content (AvgIpc) is 3.81. The summed E-state index contributed by atoms with van der Waals surface area (Å²) < 4.78 is 8.84. The van der Waals surface area contributed by atoms with Crippen LogP contribution in [0.15, 0.2) is 187 Å². The summed E-state index contributed by atoms with van der Waals surface area (Å²) >= 11 is 0. The van der Waals surface area contributed by atoms with Crippen molar-refractivity contribution in [2.45, 2.75) is 38.5 Å². The Balaban J connectivity index is 0.943. The molecule has 3 nitrogen and oxygen atoms in total. The van der Waals surface area contributed by atoms with Gasteiger partial charge in [-0.05, 0) is 105 Å². The van der Waals surface area contributed by atoms with Gasteiger partial charge in [-0.1, -0.05) is 149 Å². The summed E-state index contributed by atoms with van der Waals surface area (Å²) in [7, 11) is 0. The molecule has 0 aliphatic carbocycles. The van der Waals surface area contributed by atoms with Crippen LogP contribution in [-0.4, -0.2) is 4.57 Å². The Hall–Kier alpha value is -7.10. The molecule has 59 heavy (non-hydrogen) atoms. The molecule has 0 N–H and O–H groups in total. The number of hydrogen-bond donors (Lipinski definition) is 0. The smallest absolute Gasteiger partial charge is 0.135 e. The van der Waals surface area contributed by atoms with E-state index in [0.717, 1.165) is 27.6 Å². The second kappa shape index (κ2) is 12.2. The van der Waals surface area contributed by atoms with Gasteiger partial charge in [-0.15, -0.1) is 0 Å². The Kier molecular flexibility index (Phi) is 7.03. The van der Waals surface area contributed by atoms with Gasteiger partial charge < -0.3 is 13.9 Å². The summed E-state index contributed by atoms with van der Waals surface area (Å²) in [5.74, 6) is 0. The standard InChI is InChI=1S/C56H42N2O/c1-55(2)44-18-9-11-22-49(44)57-34-47(56(3,4)46-20-13-19-45(55)54(46)57)36-26-24-35(25-27-36)37-28-30-51-42(32-37)43-33-38(29-31-52(43)59-51)40-17-12-23-50-53(40)41-16-8-10-21-48(41)58(50)39-14-6-5-7-15-39/h5-34H,1-4H3. The second-order valence-corrected chi connectivity index (χ2v) is 17.4. The van der Waals surface area contributed by atoms with Crippen LogP contribution in [0.2, 0.25) is 0 Å². The summed E-state index contributed by atoms with van der Waals surface area (Å²) in [6.45, 7) is 9.47. The summed E-state index contributed by atoms with van der Waals surface area (Å²) in [5.41, 5.74) is 19.1. The summed E-state index contributed by atoms with van der Waals surface area (Å²) in [6.07, 6.45) is 2.40. The van der Waals surface area contributed by atoms with Crippen molar-refractivity contribution in [2.75, 3.05) is 4.90 Å². The fourth-order valence-corrected chi connectivity index (χ4v) is 10.4. The van der Waals surface area contributed by atoms with Crippen LogP contribution in [0.25, 0.3) is 77.3 Å². The number of nitrogens with zero attached hydrogens (tertiary/aromatic N) is 2. The van der Waals surface area contributed by atoms with Crippen LogP contribution in [0.5, 0.6) is 0 Å². The van der Waals surface area contributed by atoms with Crippen LogP contribution in [0.4, 0.5) is 11.4 Å². The van der Waals surface area contributed by atoms with E-state index in [2.05, 4.69) is 219 Å². The second-order valence-electron chi connectivity index (χ2n) is 17.4. The molecule has 2 aliphatic rings. The van der Waals surface area contributed by atoms with Crippen molar-refractivity contribution in [3.05, 3.63) is 204 Å². The zero-order valence-electron chi connectivity index (χ0n) is 33.6. The number of aromatic nitrogens is 1. The Bertz CT molecular complexity index is 3380. The normalized spacial score (nSPS) is 15.1. The monoisotopic (exact) mass is 758 g/mol. The maximum atomic E-state index is 6.46. The van der Waals surface area contributed by atoms with E-state index in [1.807, 2.05) is 0 Å². The number of rotatable bonds is 4. The van der Waals surface area contributed by atoms with Gasteiger partial charge in [0, 0.05) is 49.9 Å². The summed E-state index contributed by atoms with van der Waals surface area (Å²) in [6, 6.07) is 64.3. The highest BCUT2D eigenvalue weighted by Crippen LogP contribution is 2.57. The third kappa shape index (κ3) is 4.82. The van der Waals surface area contributed by atoms with Crippen molar-refractivity contribution in [1.29, 1.82) is 0 Å². The lowest BCUT2D eigenvalue weighted by Gasteiger charge is -2.47. The molecule has 0 saturated heterocycles. The van der Waals surface area contributed by atoms with Crippen LogP contribution in [0.3, 0.4) is 0 Å². The quantitative estimate of drug-likeness (QED) is 0.178. The Morgan fingerprint density at radius 3 is 1.83 bits per heavy atom. The molecule has 0 amide bonds. The van der Waals surface area contributed by atoms with Crippen LogP contribution >= 0.6 is 0 Å². The minimum atomic E-state index is -0.182. The molecule has 4 heterocycles. The molecule has 2 aromatic heterocycles. The van der Waals surface area contributed by atoms with Crippen molar-refractivity contribution in [1.82, 2.24) is 4.57 Å². The van der Waals surface area contributed by atoms with Gasteiger partial charge in [0.15, 0.2) is 0 Å². The first-order valence-electron chi connectivity index (χ1n) is 20.7. The van der Waals surface area contributed by atoms with Gasteiger partial charge in [-0.3, -0.25) is 0 Å². The average molecular weight is 759 g/mol. The number of allylic oxidation sites excluding steroid dienone is 1. The van der Waals surface area contributed by atoms with E-state index in [4.69, 9.17) is 4.42 Å². The van der Waals surface area contributed by atoms with Crippen LogP contribution < -0.4 is 4.90 Å². The van der Waals surface area contributed by atoms with Crippen molar-refractivity contribution in [3.63, 3.8) is 0 Å². The Labute approximate surface area is 344 Å². The lowest BCUT2D eigenvalue weighted by molar-refractivity contribution is 0.614. The SMILES string of the molecule is CC1(C)C(c2ccc(-c3ccc4oc5ccc(-c6cccc7c6c6ccccc6n7-c6ccccc6)cc5c4c3)cc2)=CN2c3ccccc3C(C)(C)c3cccc1c32. The van der Waals surface area contributed by atoms with Crippen molar-refractivity contribution in [2.24, 2.45) is 0 Å². The number of hydrogen-bond acceptors (Lipinski definition) is 2. The molecule has 0 unspecified atom stereocenters. The van der Waals surface area contributed by atoms with Gasteiger partial charge in [-0.25, -0.2) is 0 Å². The van der Waals surface area contributed by atoms with Gasteiger partial charge in [0.1, 0.15) is 11.2 Å². The summed E-state index contributed by atoms with van der Waals surface area (Å²) in [5, 5.41) is 4.75. The van der Waals surface area contributed by atoms with Crippen molar-refractivity contribution in [3.8, 4) is 27.9 Å². The lowest BCUT2D eigenvalue weighted by Crippen LogP contribution is -2.37. The molecular weight excluding hydrogens is 717 g/mol. The predicted octanol–water partition coefficient (Wildman–Crippen LogP) is 15.1. The fourth-order valence-electron chi connectivity index (χ4n) is 10.4. The molecule has 0 fully saturated rings. The largest absolute Gasteiger partial charge is 0.456 e. The van der Waals surface area contributed by atoms with E-state index in [0.29, 0.717) is 0 Å². The third-order valence-electron chi connectivity index (χ3n) is 13.4. The van der Waals surface area contributed by atoms with Gasteiger partial charge >= 0.3 is 0 Å². The molecule has 10 aromatic rings. The number of anilines is 2. The molecule has 3 heteroatoms. The topological polar surface area (TPSA) is 21.3 Å². The molecule has 8 aromatic carbocycles. The first-order chi connectivity index (χ1) is 28.8. The maximum Gasteiger partial charge on any atom is 0.135 e. The van der Waals surface area contributed by atoms with Gasteiger partial charge in [0.05, 0.1) is 16.7 Å². The first-order valence-corrected chi connectivity index (χ1v) is 20.7. The highest BCUT2D eigenvalue weighted by atomic mass is 16.3. The van der Waals surface area contributed by atoms with E-state index in [9.17, 15) is 0 Å². The molecular formula is C56H42N2O. The van der Waals surface area contributed by atoms with Gasteiger partial charge in [0.25, 0.3) is 0 Å². The number of fused-ring (bicyclic) bond motifs is 8. The number of benzene rings is 8. The minimum absolute atomic E-state index is 0.0806.